The number of guanidine groups is 1. The number of nitrogens with zero attached hydrogens (tertiary/aromatic N) is 2. The number of aliphatic hydroxyl groups is 1. The fourth-order valence-electron chi connectivity index (χ4n) is 2.60. The summed E-state index contributed by atoms with van der Waals surface area (Å²) in [5, 5.41) is 16.6. The second kappa shape index (κ2) is 12.6. The number of rotatable bonds is 8. The fraction of sp³-hybridized carbons (Fsp3) is 0.421. The van der Waals surface area contributed by atoms with Gasteiger partial charge >= 0.3 is 0 Å². The van der Waals surface area contributed by atoms with E-state index in [4.69, 9.17) is 11.6 Å². The summed E-state index contributed by atoms with van der Waals surface area (Å²) >= 11 is 7.27. The quantitative estimate of drug-likeness (QED) is 0.269. The monoisotopic (exact) mass is 540 g/mol. The summed E-state index contributed by atoms with van der Waals surface area (Å²) in [5.74, 6) is 0.341. The Labute approximate surface area is 192 Å². The van der Waals surface area contributed by atoms with Gasteiger partial charge in [-0.1, -0.05) is 23.7 Å². The molecule has 2 atom stereocenters. The molecule has 3 N–H and O–H groups in total. The number of hydrogen-bond donors (Lipinski definition) is 3. The van der Waals surface area contributed by atoms with E-state index >= 15 is 0 Å². The van der Waals surface area contributed by atoms with E-state index in [1.165, 1.54) is 23.5 Å². The molecule has 0 aliphatic rings. The Kier molecular flexibility index (Phi) is 11.3. The normalized spacial score (nSPS) is 13.8. The Morgan fingerprint density at radius 3 is 2.61 bits per heavy atom. The Balaban J connectivity index is 0.00000392. The average Bonchev–Trinajstić information content (AvgIpc) is 3.06. The smallest absolute Gasteiger partial charge is 0.191 e. The molecule has 9 heteroatoms. The van der Waals surface area contributed by atoms with Gasteiger partial charge < -0.3 is 20.6 Å². The molecule has 1 aromatic carbocycles. The first-order valence-electron chi connectivity index (χ1n) is 8.78. The Morgan fingerprint density at radius 1 is 1.29 bits per heavy atom. The van der Waals surface area contributed by atoms with Gasteiger partial charge in [0.25, 0.3) is 0 Å². The van der Waals surface area contributed by atoms with Crippen molar-refractivity contribution in [2.75, 3.05) is 33.7 Å². The van der Waals surface area contributed by atoms with E-state index < -0.39 is 6.10 Å². The van der Waals surface area contributed by atoms with Gasteiger partial charge in [-0.3, -0.25) is 4.99 Å². The molecule has 0 aliphatic carbocycles. The van der Waals surface area contributed by atoms with E-state index in [9.17, 15) is 9.50 Å². The molecule has 28 heavy (non-hydrogen) atoms. The molecule has 0 fully saturated rings. The number of aliphatic hydroxyl groups excluding tert-OH is 1. The highest BCUT2D eigenvalue weighted by Crippen LogP contribution is 2.26. The highest BCUT2D eigenvalue weighted by atomic mass is 127. The predicted molar refractivity (Wildman–Crippen MR) is 127 cm³/mol. The zero-order chi connectivity index (χ0) is 19.8. The third kappa shape index (κ3) is 7.82. The van der Waals surface area contributed by atoms with Gasteiger partial charge in [-0.15, -0.1) is 35.3 Å². The summed E-state index contributed by atoms with van der Waals surface area (Å²) in [6.45, 7) is 3.43. The van der Waals surface area contributed by atoms with Gasteiger partial charge in [0, 0.05) is 18.0 Å². The summed E-state index contributed by atoms with van der Waals surface area (Å²) in [5.41, 5.74) is 0.868. The summed E-state index contributed by atoms with van der Waals surface area (Å²) < 4.78 is 14.2. The van der Waals surface area contributed by atoms with Crippen LogP contribution in [-0.2, 0) is 0 Å². The second-order valence-electron chi connectivity index (χ2n) is 6.29. The lowest BCUT2D eigenvalue weighted by Gasteiger charge is -2.24. The van der Waals surface area contributed by atoms with E-state index in [0.29, 0.717) is 29.9 Å². The average molecular weight is 541 g/mol. The van der Waals surface area contributed by atoms with Crippen molar-refractivity contribution in [3.05, 3.63) is 57.0 Å². The summed E-state index contributed by atoms with van der Waals surface area (Å²) in [6, 6.07) is 10.1. The van der Waals surface area contributed by atoms with Gasteiger partial charge in [0.15, 0.2) is 5.96 Å². The molecule has 1 aromatic heterocycles. The van der Waals surface area contributed by atoms with Gasteiger partial charge in [-0.05, 0) is 50.8 Å². The van der Waals surface area contributed by atoms with Crippen molar-refractivity contribution < 1.29 is 9.50 Å². The van der Waals surface area contributed by atoms with Gasteiger partial charge in [0.1, 0.15) is 11.9 Å². The van der Waals surface area contributed by atoms with E-state index in [1.807, 2.05) is 38.1 Å². The molecule has 2 unspecified atom stereocenters. The van der Waals surface area contributed by atoms with E-state index in [2.05, 4.69) is 15.6 Å². The molecule has 0 saturated carbocycles. The standard InChI is InChI=1S/C19H26ClFN4OS.HI/c1-4-22-19(24-12-16(26)17-8-9-18(20)27-17)23-11-15(25(2)3)13-6-5-7-14(21)10-13;/h5-10,15-16,26H,4,11-12H2,1-3H3,(H2,22,23,24);1H. The van der Waals surface area contributed by atoms with E-state index in [-0.39, 0.29) is 35.8 Å². The molecule has 0 bridgehead atoms. The Morgan fingerprint density at radius 2 is 2.04 bits per heavy atom. The number of likely N-dealkylation sites (N-methyl/N-ethyl adjacent to an activating group) is 1. The summed E-state index contributed by atoms with van der Waals surface area (Å²) in [6.07, 6.45) is -0.667. The Hall–Kier alpha value is -0.940. The maximum absolute atomic E-state index is 13.6. The van der Waals surface area contributed by atoms with E-state index in [0.717, 1.165) is 10.4 Å². The first-order valence-corrected chi connectivity index (χ1v) is 9.97. The lowest BCUT2D eigenvalue weighted by molar-refractivity contribution is 0.184. The third-order valence-corrected chi connectivity index (χ3v) is 5.34. The molecule has 1 heterocycles. The number of halogens is 3. The number of benzene rings is 1. The topological polar surface area (TPSA) is 59.9 Å². The zero-order valence-corrected chi connectivity index (χ0v) is 20.1. The van der Waals surface area contributed by atoms with Crippen LogP contribution in [0, 0.1) is 5.82 Å². The maximum Gasteiger partial charge on any atom is 0.191 e. The molecule has 2 rings (SSSR count). The predicted octanol–water partition coefficient (Wildman–Crippen LogP) is 4.05. The van der Waals surface area contributed by atoms with Crippen LogP contribution in [0.3, 0.4) is 0 Å². The molecule has 2 aromatic rings. The first-order chi connectivity index (χ1) is 12.9. The minimum atomic E-state index is -0.667. The van der Waals surface area contributed by atoms with Crippen LogP contribution < -0.4 is 10.6 Å². The lowest BCUT2D eigenvalue weighted by Crippen LogP contribution is -2.40. The van der Waals surface area contributed by atoms with Crippen molar-refractivity contribution in [3.63, 3.8) is 0 Å². The van der Waals surface area contributed by atoms with Gasteiger partial charge in [-0.2, -0.15) is 0 Å². The fourth-order valence-corrected chi connectivity index (χ4v) is 3.65. The van der Waals surface area contributed by atoms with Crippen LogP contribution in [0.1, 0.15) is 29.5 Å². The van der Waals surface area contributed by atoms with Crippen molar-refractivity contribution in [2.45, 2.75) is 19.1 Å². The Bertz CT molecular complexity index is 759. The van der Waals surface area contributed by atoms with Crippen LogP contribution in [0.25, 0.3) is 0 Å². The minimum absolute atomic E-state index is 0. The number of hydrogen-bond acceptors (Lipinski definition) is 4. The van der Waals surface area contributed by atoms with Crippen LogP contribution in [-0.4, -0.2) is 49.7 Å². The SMILES string of the molecule is CCNC(=NCC(c1cccc(F)c1)N(C)C)NCC(O)c1ccc(Cl)s1.I. The number of nitrogens with one attached hydrogen (secondary N) is 2. The van der Waals surface area contributed by atoms with Crippen molar-refractivity contribution in [1.82, 2.24) is 15.5 Å². The van der Waals surface area contributed by atoms with Crippen molar-refractivity contribution in [1.29, 1.82) is 0 Å². The first kappa shape index (κ1) is 25.1. The van der Waals surface area contributed by atoms with Gasteiger partial charge in [0.2, 0.25) is 0 Å². The highest BCUT2D eigenvalue weighted by Gasteiger charge is 2.15. The number of aliphatic imine (C=N–C) groups is 1. The molecule has 156 valence electrons. The van der Waals surface area contributed by atoms with Crippen LogP contribution in [0.2, 0.25) is 4.34 Å². The molecule has 0 amide bonds. The molecular formula is C19H27ClFIN4OS. The molecule has 0 radical (unpaired) electrons. The zero-order valence-electron chi connectivity index (χ0n) is 16.2. The molecule has 0 spiro atoms. The molecule has 0 saturated heterocycles. The largest absolute Gasteiger partial charge is 0.386 e. The summed E-state index contributed by atoms with van der Waals surface area (Å²) in [7, 11) is 3.88. The van der Waals surface area contributed by atoms with E-state index in [1.54, 1.807) is 12.1 Å². The second-order valence-corrected chi connectivity index (χ2v) is 8.04. The van der Waals surface area contributed by atoms with Crippen LogP contribution in [0.5, 0.6) is 0 Å². The maximum atomic E-state index is 13.6. The van der Waals surface area contributed by atoms with Crippen molar-refractivity contribution >= 4 is 52.9 Å². The molecule has 5 nitrogen and oxygen atoms in total. The minimum Gasteiger partial charge on any atom is -0.386 e. The summed E-state index contributed by atoms with van der Waals surface area (Å²) in [4.78, 5) is 7.41. The lowest BCUT2D eigenvalue weighted by atomic mass is 10.1. The van der Waals surface area contributed by atoms with Crippen molar-refractivity contribution in [3.8, 4) is 0 Å². The highest BCUT2D eigenvalue weighted by molar-refractivity contribution is 14.0. The van der Waals surface area contributed by atoms with Gasteiger partial charge in [0.05, 0.1) is 16.9 Å². The van der Waals surface area contributed by atoms with Crippen LogP contribution >= 0.6 is 46.9 Å². The number of thiophene rings is 1. The van der Waals surface area contributed by atoms with Crippen LogP contribution in [0.15, 0.2) is 41.4 Å². The molecule has 0 aliphatic heterocycles. The van der Waals surface area contributed by atoms with Crippen molar-refractivity contribution in [2.24, 2.45) is 4.99 Å². The molecular weight excluding hydrogens is 514 g/mol. The van der Waals surface area contributed by atoms with Crippen LogP contribution in [0.4, 0.5) is 4.39 Å². The van der Waals surface area contributed by atoms with Gasteiger partial charge in [-0.25, -0.2) is 4.39 Å². The third-order valence-electron chi connectivity index (χ3n) is 4.01.